The number of hydrogen-bond donors (Lipinski definition) is 0. The van der Waals surface area contributed by atoms with E-state index in [0.29, 0.717) is 5.69 Å². The molecule has 0 unspecified atom stereocenters. The number of halogens is 1. The average Bonchev–Trinajstić information content (AvgIpc) is 2.58. The first-order chi connectivity index (χ1) is 7.13. The van der Waals surface area contributed by atoms with E-state index in [2.05, 4.69) is 14.9 Å². The van der Waals surface area contributed by atoms with Crippen molar-refractivity contribution in [1.82, 2.24) is 14.9 Å². The zero-order chi connectivity index (χ0) is 11.0. The maximum atomic E-state index is 11.4. The molecule has 2 heterocycles. The molecule has 0 aliphatic carbocycles. The van der Waals surface area contributed by atoms with Gasteiger partial charge in [-0.1, -0.05) is 4.68 Å². The first-order valence-electron chi connectivity index (χ1n) is 4.41. The molecule has 0 aromatic carbocycles. The van der Waals surface area contributed by atoms with Gasteiger partial charge in [-0.25, -0.2) is 9.48 Å². The number of carbonyl (C=O) groups is 1. The van der Waals surface area contributed by atoms with Crippen LogP contribution in [0.5, 0.6) is 0 Å². The molecule has 86 valence electrons. The highest BCUT2D eigenvalue weighted by Crippen LogP contribution is 2.08. The van der Waals surface area contributed by atoms with Crippen LogP contribution in [0.25, 0.3) is 11.0 Å². The number of esters is 1. The second kappa shape index (κ2) is 4.73. The Morgan fingerprint density at radius 2 is 2.25 bits per heavy atom. The summed E-state index contributed by atoms with van der Waals surface area (Å²) in [7, 11) is 4.83. The largest absolute Gasteiger partial charge is 1.00 e. The van der Waals surface area contributed by atoms with E-state index in [1.165, 1.54) is 11.8 Å². The molecular formula is C9H11IN4O2. The van der Waals surface area contributed by atoms with Crippen molar-refractivity contribution in [2.45, 2.75) is 0 Å². The molecule has 0 saturated heterocycles. The van der Waals surface area contributed by atoms with E-state index in [1.807, 2.05) is 0 Å². The molecular weight excluding hydrogens is 323 g/mol. The maximum absolute atomic E-state index is 11.4. The van der Waals surface area contributed by atoms with Gasteiger partial charge in [0.1, 0.15) is 0 Å². The monoisotopic (exact) mass is 334 g/mol. The van der Waals surface area contributed by atoms with E-state index in [1.54, 1.807) is 31.0 Å². The second-order valence-electron chi connectivity index (χ2n) is 3.19. The molecule has 0 saturated carbocycles. The van der Waals surface area contributed by atoms with Crippen molar-refractivity contribution in [3.63, 3.8) is 0 Å². The molecule has 7 heteroatoms. The highest BCUT2D eigenvalue weighted by Gasteiger charge is 2.21. The summed E-state index contributed by atoms with van der Waals surface area (Å²) in [6.07, 6.45) is 1.66. The zero-order valence-electron chi connectivity index (χ0n) is 9.14. The summed E-state index contributed by atoms with van der Waals surface area (Å²) in [5.41, 5.74) is 1.13. The second-order valence-corrected chi connectivity index (χ2v) is 3.19. The summed E-state index contributed by atoms with van der Waals surface area (Å²) in [5, 5.41) is 9.09. The maximum Gasteiger partial charge on any atom is 0.405 e. The minimum atomic E-state index is -0.407. The van der Waals surface area contributed by atoms with Gasteiger partial charge < -0.3 is 28.7 Å². The van der Waals surface area contributed by atoms with Gasteiger partial charge in [0.15, 0.2) is 7.05 Å². The van der Waals surface area contributed by atoms with Crippen LogP contribution in [0.15, 0.2) is 12.3 Å². The minimum absolute atomic E-state index is 0. The molecule has 0 aliphatic heterocycles. The number of ether oxygens (including phenoxy) is 1. The van der Waals surface area contributed by atoms with E-state index in [9.17, 15) is 4.79 Å². The predicted molar refractivity (Wildman–Crippen MR) is 51.0 cm³/mol. The molecule has 0 radical (unpaired) electrons. The van der Waals surface area contributed by atoms with Crippen LogP contribution in [0.3, 0.4) is 0 Å². The Balaban J connectivity index is 0.00000128. The Hall–Kier alpha value is -1.25. The van der Waals surface area contributed by atoms with Gasteiger partial charge >= 0.3 is 11.7 Å². The van der Waals surface area contributed by atoms with Crippen molar-refractivity contribution in [3.05, 3.63) is 18.0 Å². The van der Waals surface area contributed by atoms with Gasteiger partial charge in [0.25, 0.3) is 0 Å². The van der Waals surface area contributed by atoms with Gasteiger partial charge in [0, 0.05) is 18.2 Å². The molecule has 2 aromatic heterocycles. The molecule has 2 aromatic rings. The van der Waals surface area contributed by atoms with E-state index in [-0.39, 0.29) is 24.0 Å². The molecule has 0 N–H and O–H groups in total. The summed E-state index contributed by atoms with van der Waals surface area (Å²) in [5.74, 6) is -0.407. The van der Waals surface area contributed by atoms with E-state index in [4.69, 9.17) is 0 Å². The van der Waals surface area contributed by atoms with Crippen LogP contribution in [0.1, 0.15) is 10.5 Å². The van der Waals surface area contributed by atoms with Gasteiger partial charge in [0.2, 0.25) is 5.65 Å². The normalized spacial score (nSPS) is 9.94. The van der Waals surface area contributed by atoms with Crippen molar-refractivity contribution >= 4 is 17.0 Å². The fourth-order valence-corrected chi connectivity index (χ4v) is 1.40. The number of aryl methyl sites for hydroxylation is 2. The number of hydrogen-bond acceptors (Lipinski definition) is 4. The standard InChI is InChI=1S/C9H11N4O2.HI/c1-12-7(9(14)15-3)4-6-5-10-13(2)8(6)11-12;/h4-5H,1-3H3;1H/q+1;/p-1. The van der Waals surface area contributed by atoms with Crippen LogP contribution in [0.4, 0.5) is 0 Å². The first-order valence-corrected chi connectivity index (χ1v) is 4.41. The molecule has 2 rings (SSSR count). The van der Waals surface area contributed by atoms with Crippen LogP contribution in [-0.2, 0) is 18.8 Å². The van der Waals surface area contributed by atoms with Gasteiger partial charge in [0.05, 0.1) is 18.7 Å². The number of fused-ring (bicyclic) bond motifs is 1. The summed E-state index contributed by atoms with van der Waals surface area (Å²) < 4.78 is 7.78. The molecule has 16 heavy (non-hydrogen) atoms. The van der Waals surface area contributed by atoms with Gasteiger partial charge in [-0.15, -0.1) is 0 Å². The third-order valence-corrected chi connectivity index (χ3v) is 2.21. The third-order valence-electron chi connectivity index (χ3n) is 2.21. The first kappa shape index (κ1) is 12.8. The van der Waals surface area contributed by atoms with E-state index in [0.717, 1.165) is 11.0 Å². The Morgan fingerprint density at radius 3 is 2.88 bits per heavy atom. The van der Waals surface area contributed by atoms with E-state index < -0.39 is 5.97 Å². The lowest BCUT2D eigenvalue weighted by molar-refractivity contribution is -0.730. The van der Waals surface area contributed by atoms with Gasteiger partial charge in [-0.3, -0.25) is 0 Å². The Kier molecular flexibility index (Phi) is 3.79. The van der Waals surface area contributed by atoms with Gasteiger partial charge in [-0.2, -0.15) is 5.10 Å². The van der Waals surface area contributed by atoms with Crippen molar-refractivity contribution in [1.29, 1.82) is 0 Å². The summed E-state index contributed by atoms with van der Waals surface area (Å²) in [6.45, 7) is 0. The Bertz CT molecular complexity index is 538. The predicted octanol–water partition coefficient (Wildman–Crippen LogP) is -3.42. The summed E-state index contributed by atoms with van der Waals surface area (Å²) >= 11 is 0. The fourth-order valence-electron chi connectivity index (χ4n) is 1.40. The minimum Gasteiger partial charge on any atom is -1.00 e. The number of rotatable bonds is 1. The SMILES string of the molecule is COC(=O)c1cc2cnn(C)c2n[n+]1C.[I-]. The summed E-state index contributed by atoms with van der Waals surface area (Å²) in [6, 6.07) is 1.71. The van der Waals surface area contributed by atoms with Crippen molar-refractivity contribution in [2.24, 2.45) is 14.1 Å². The summed E-state index contributed by atoms with van der Waals surface area (Å²) in [4.78, 5) is 11.4. The lowest BCUT2D eigenvalue weighted by Crippen LogP contribution is -3.00. The molecule has 0 fully saturated rings. The fraction of sp³-hybridized carbons (Fsp3) is 0.333. The Morgan fingerprint density at radius 1 is 1.56 bits per heavy atom. The van der Waals surface area contributed by atoms with Gasteiger partial charge in [-0.05, 0) is 0 Å². The molecule has 0 amide bonds. The highest BCUT2D eigenvalue weighted by atomic mass is 127. The van der Waals surface area contributed by atoms with Crippen LogP contribution >= 0.6 is 0 Å². The molecule has 0 aliphatic rings. The third kappa shape index (κ3) is 1.99. The van der Waals surface area contributed by atoms with Crippen molar-refractivity contribution in [2.75, 3.05) is 7.11 Å². The smallest absolute Gasteiger partial charge is 0.405 e. The quantitative estimate of drug-likeness (QED) is 0.310. The highest BCUT2D eigenvalue weighted by molar-refractivity contribution is 5.89. The number of aromatic nitrogens is 4. The number of carbonyl (C=O) groups excluding carboxylic acids is 1. The van der Waals surface area contributed by atoms with Crippen LogP contribution in [-0.4, -0.2) is 28.0 Å². The number of methoxy groups -OCH3 is 1. The molecule has 0 spiro atoms. The number of nitrogens with zero attached hydrogens (tertiary/aromatic N) is 4. The average molecular weight is 334 g/mol. The Labute approximate surface area is 109 Å². The molecule has 0 atom stereocenters. The van der Waals surface area contributed by atoms with E-state index >= 15 is 0 Å². The lowest BCUT2D eigenvalue weighted by Gasteiger charge is -1.96. The molecule has 0 bridgehead atoms. The topological polar surface area (TPSA) is 60.9 Å². The zero-order valence-corrected chi connectivity index (χ0v) is 11.3. The van der Waals surface area contributed by atoms with Crippen LogP contribution in [0, 0.1) is 0 Å². The van der Waals surface area contributed by atoms with Crippen molar-refractivity contribution < 1.29 is 38.2 Å². The van der Waals surface area contributed by atoms with Crippen molar-refractivity contribution in [3.8, 4) is 0 Å². The van der Waals surface area contributed by atoms with Crippen LogP contribution in [0.2, 0.25) is 0 Å². The van der Waals surface area contributed by atoms with Crippen LogP contribution < -0.4 is 28.7 Å². The lowest BCUT2D eigenvalue weighted by atomic mass is 10.3. The molecule has 6 nitrogen and oxygen atoms in total.